The maximum absolute atomic E-state index is 13.6. The minimum atomic E-state index is -5.08. The monoisotopic (exact) mass is 329 g/mol. The Balaban J connectivity index is 2.20. The van der Waals surface area contributed by atoms with E-state index in [1.807, 2.05) is 0 Å². The highest BCUT2D eigenvalue weighted by atomic mass is 19.4. The second kappa shape index (κ2) is 5.44. The number of carbonyl (C=O) groups is 1. The molecule has 1 aliphatic rings. The van der Waals surface area contributed by atoms with E-state index in [2.05, 4.69) is 0 Å². The van der Waals surface area contributed by atoms with E-state index in [-0.39, 0.29) is 0 Å². The van der Waals surface area contributed by atoms with Gasteiger partial charge in [-0.1, -0.05) is 0 Å². The predicted molar refractivity (Wildman–Crippen MR) is 61.4 cm³/mol. The van der Waals surface area contributed by atoms with Crippen molar-refractivity contribution in [3.8, 4) is 0 Å². The number of alkyl halides is 5. The fourth-order valence-corrected chi connectivity index (χ4v) is 2.35. The molecule has 0 aliphatic carbocycles. The van der Waals surface area contributed by atoms with Crippen LogP contribution in [0.2, 0.25) is 0 Å². The summed E-state index contributed by atoms with van der Waals surface area (Å²) < 4.78 is 90.9. The lowest BCUT2D eigenvalue weighted by Gasteiger charge is -2.39. The first kappa shape index (κ1) is 16.6. The average Bonchev–Trinajstić information content (AvgIpc) is 2.35. The van der Waals surface area contributed by atoms with Crippen LogP contribution in [0.5, 0.6) is 0 Å². The minimum Gasteiger partial charge on any atom is -0.332 e. The van der Waals surface area contributed by atoms with Gasteiger partial charge in [0.2, 0.25) is 0 Å². The molecule has 2 nitrogen and oxygen atoms in total. The van der Waals surface area contributed by atoms with Crippen molar-refractivity contribution in [2.45, 2.75) is 18.5 Å². The van der Waals surface area contributed by atoms with Crippen molar-refractivity contribution >= 4 is 5.91 Å². The summed E-state index contributed by atoms with van der Waals surface area (Å²) in [6.07, 6.45) is -6.06. The van der Waals surface area contributed by atoms with Crippen molar-refractivity contribution in [2.24, 2.45) is 5.92 Å². The van der Waals surface area contributed by atoms with Gasteiger partial charge in [0.1, 0.15) is 17.6 Å². The zero-order chi connectivity index (χ0) is 16.7. The topological polar surface area (TPSA) is 20.3 Å². The zero-order valence-electron chi connectivity index (χ0n) is 10.9. The maximum atomic E-state index is 13.6. The molecule has 1 heterocycles. The number of amides is 1. The highest BCUT2D eigenvalue weighted by Crippen LogP contribution is 2.43. The quantitative estimate of drug-likeness (QED) is 0.721. The highest BCUT2D eigenvalue weighted by molar-refractivity contribution is 5.94. The van der Waals surface area contributed by atoms with Gasteiger partial charge in [-0.25, -0.2) is 17.6 Å². The summed E-state index contributed by atoms with van der Waals surface area (Å²) in [4.78, 5) is 12.4. The number of nitrogens with zero attached hydrogens (tertiary/aromatic N) is 1. The molecule has 1 saturated heterocycles. The molecule has 22 heavy (non-hydrogen) atoms. The molecule has 9 heteroatoms. The molecule has 0 bridgehead atoms. The second-order valence-electron chi connectivity index (χ2n) is 4.99. The van der Waals surface area contributed by atoms with Crippen molar-refractivity contribution in [1.82, 2.24) is 4.90 Å². The van der Waals surface area contributed by atoms with E-state index in [0.717, 1.165) is 12.1 Å². The molecule has 1 fully saturated rings. The number of likely N-dealkylation sites (tertiary alicyclic amines) is 1. The summed E-state index contributed by atoms with van der Waals surface area (Å²) >= 11 is 0. The summed E-state index contributed by atoms with van der Waals surface area (Å²) in [5, 5.41) is 0. The number of hydrogen-bond donors (Lipinski definition) is 0. The summed E-state index contributed by atoms with van der Waals surface area (Å²) in [6, 6.07) is 1.92. The van der Waals surface area contributed by atoms with Gasteiger partial charge in [-0.05, 0) is 18.6 Å². The molecule has 2 rings (SSSR count). The Bertz CT molecular complexity index is 584. The molecule has 1 aromatic carbocycles. The number of carbonyl (C=O) groups excluding carboxylic acids is 1. The van der Waals surface area contributed by atoms with Gasteiger partial charge in [0.15, 0.2) is 0 Å². The zero-order valence-corrected chi connectivity index (χ0v) is 10.9. The van der Waals surface area contributed by atoms with Crippen LogP contribution in [0, 0.1) is 17.6 Å². The van der Waals surface area contributed by atoms with E-state index in [9.17, 15) is 35.5 Å². The largest absolute Gasteiger partial charge is 0.397 e. The number of halogens is 7. The van der Waals surface area contributed by atoms with Gasteiger partial charge in [-0.15, -0.1) is 0 Å². The lowest BCUT2D eigenvalue weighted by molar-refractivity contribution is -0.254. The van der Waals surface area contributed by atoms with Crippen LogP contribution in [0.3, 0.4) is 0 Å². The summed E-state index contributed by atoms with van der Waals surface area (Å²) in [6.45, 7) is -2.05. The molecule has 1 atom stereocenters. The van der Waals surface area contributed by atoms with E-state index in [1.54, 1.807) is 0 Å². The van der Waals surface area contributed by atoms with Crippen LogP contribution in [0.4, 0.5) is 30.7 Å². The molecule has 0 aromatic heterocycles. The predicted octanol–water partition coefficient (Wildman–Crippen LogP) is 3.62. The van der Waals surface area contributed by atoms with Gasteiger partial charge in [0.25, 0.3) is 11.8 Å². The van der Waals surface area contributed by atoms with E-state index in [1.165, 1.54) is 0 Å². The Labute approximate surface area is 120 Å². The van der Waals surface area contributed by atoms with E-state index >= 15 is 0 Å². The first-order valence-corrected chi connectivity index (χ1v) is 6.21. The third-order valence-corrected chi connectivity index (χ3v) is 3.44. The van der Waals surface area contributed by atoms with E-state index in [0.29, 0.717) is 11.0 Å². The molecule has 0 radical (unpaired) electrons. The van der Waals surface area contributed by atoms with Crippen LogP contribution in [-0.2, 0) is 0 Å². The van der Waals surface area contributed by atoms with Gasteiger partial charge < -0.3 is 4.90 Å². The smallest absolute Gasteiger partial charge is 0.332 e. The van der Waals surface area contributed by atoms with Gasteiger partial charge in [0, 0.05) is 12.6 Å². The molecule has 1 unspecified atom stereocenters. The summed E-state index contributed by atoms with van der Waals surface area (Å²) in [5.41, 5.74) is -0.664. The van der Waals surface area contributed by atoms with Crippen LogP contribution < -0.4 is 0 Å². The lowest BCUT2D eigenvalue weighted by Crippen LogP contribution is -2.54. The lowest BCUT2D eigenvalue weighted by atomic mass is 9.91. The van der Waals surface area contributed by atoms with Crippen LogP contribution in [0.1, 0.15) is 16.8 Å². The standard InChI is InChI=1S/C13H10F7NO/c14-7-1-2-8(9(15)5-7)11(22)21-4-3-10(13(18,19)20)12(16,17)6-21/h1-2,5,10H,3-4,6H2. The van der Waals surface area contributed by atoms with Gasteiger partial charge in [0.05, 0.1) is 12.1 Å². The molecular formula is C13H10F7NO. The van der Waals surface area contributed by atoms with E-state index < -0.39 is 60.6 Å². The Morgan fingerprint density at radius 1 is 1.23 bits per heavy atom. The van der Waals surface area contributed by atoms with Gasteiger partial charge in [-0.2, -0.15) is 13.2 Å². The fraction of sp³-hybridized carbons (Fsp3) is 0.462. The first-order valence-electron chi connectivity index (χ1n) is 6.21. The molecule has 1 amide bonds. The van der Waals surface area contributed by atoms with Crippen molar-refractivity contribution in [1.29, 1.82) is 0 Å². The Morgan fingerprint density at radius 2 is 1.86 bits per heavy atom. The molecule has 0 saturated carbocycles. The first-order chi connectivity index (χ1) is 10.0. The van der Waals surface area contributed by atoms with Crippen molar-refractivity contribution < 1.29 is 35.5 Å². The van der Waals surface area contributed by atoms with Crippen LogP contribution in [-0.4, -0.2) is 36.0 Å². The highest BCUT2D eigenvalue weighted by Gasteiger charge is 2.58. The van der Waals surface area contributed by atoms with Crippen LogP contribution in [0.15, 0.2) is 18.2 Å². The number of hydrogen-bond acceptors (Lipinski definition) is 1. The Morgan fingerprint density at radius 3 is 2.36 bits per heavy atom. The summed E-state index contributed by atoms with van der Waals surface area (Å²) in [5.74, 6) is -10.4. The summed E-state index contributed by atoms with van der Waals surface area (Å²) in [7, 11) is 0. The van der Waals surface area contributed by atoms with Crippen LogP contribution in [0.25, 0.3) is 0 Å². The Hall–Kier alpha value is -1.80. The maximum Gasteiger partial charge on any atom is 0.397 e. The molecule has 1 aliphatic heterocycles. The second-order valence-corrected chi connectivity index (χ2v) is 4.99. The fourth-order valence-electron chi connectivity index (χ4n) is 2.35. The van der Waals surface area contributed by atoms with E-state index in [4.69, 9.17) is 0 Å². The molecule has 122 valence electrons. The van der Waals surface area contributed by atoms with Crippen molar-refractivity contribution in [3.63, 3.8) is 0 Å². The van der Waals surface area contributed by atoms with Crippen molar-refractivity contribution in [2.75, 3.05) is 13.1 Å². The average molecular weight is 329 g/mol. The number of piperidine rings is 1. The molecular weight excluding hydrogens is 319 g/mol. The van der Waals surface area contributed by atoms with Crippen LogP contribution >= 0.6 is 0 Å². The van der Waals surface area contributed by atoms with Gasteiger partial charge in [-0.3, -0.25) is 4.79 Å². The third kappa shape index (κ3) is 3.17. The van der Waals surface area contributed by atoms with Gasteiger partial charge >= 0.3 is 6.18 Å². The molecule has 1 aromatic rings. The minimum absolute atomic E-state index is 0.397. The molecule has 0 N–H and O–H groups in total. The number of rotatable bonds is 1. The molecule has 0 spiro atoms. The SMILES string of the molecule is O=C(c1ccc(F)cc1F)N1CCC(C(F)(F)F)C(F)(F)C1. The Kier molecular flexibility index (Phi) is 4.09. The third-order valence-electron chi connectivity index (χ3n) is 3.44. The van der Waals surface area contributed by atoms with Crippen molar-refractivity contribution in [3.05, 3.63) is 35.4 Å². The normalized spacial score (nSPS) is 21.8. The number of benzene rings is 1.